The lowest BCUT2D eigenvalue weighted by atomic mass is 10.2. The molecule has 7 heteroatoms. The highest BCUT2D eigenvalue weighted by Gasteiger charge is 2.31. The Morgan fingerprint density at radius 1 is 0.958 bits per heavy atom. The number of hydrogen-bond donors (Lipinski definition) is 0. The van der Waals surface area contributed by atoms with E-state index in [4.69, 9.17) is 0 Å². The summed E-state index contributed by atoms with van der Waals surface area (Å²) >= 11 is 0. The number of fused-ring (bicyclic) bond motifs is 2. The van der Waals surface area contributed by atoms with Crippen LogP contribution in [0.3, 0.4) is 0 Å². The molecule has 0 saturated heterocycles. The maximum Gasteiger partial charge on any atom is 0.328 e. The van der Waals surface area contributed by atoms with E-state index < -0.39 is 10.0 Å². The summed E-state index contributed by atoms with van der Waals surface area (Å²) in [4.78, 5) is 12.2. The second-order valence-corrected chi connectivity index (χ2v) is 7.87. The van der Waals surface area contributed by atoms with Crippen LogP contribution in [0.1, 0.15) is 5.56 Å². The largest absolute Gasteiger partial charge is 0.328 e. The van der Waals surface area contributed by atoms with E-state index in [2.05, 4.69) is 0 Å². The normalized spacial score (nSPS) is 14.3. The van der Waals surface area contributed by atoms with Crippen molar-refractivity contribution in [2.45, 2.75) is 11.3 Å². The summed E-state index contributed by atoms with van der Waals surface area (Å²) in [6, 6.07) is 12.4. The highest BCUT2D eigenvalue weighted by Crippen LogP contribution is 2.33. The fourth-order valence-corrected chi connectivity index (χ4v) is 4.86. The fourth-order valence-electron chi connectivity index (χ4n) is 3.33. The summed E-state index contributed by atoms with van der Waals surface area (Å²) in [5, 5.41) is 0. The molecule has 0 aliphatic carbocycles. The van der Waals surface area contributed by atoms with Gasteiger partial charge in [-0.1, -0.05) is 18.2 Å². The molecule has 24 heavy (non-hydrogen) atoms. The Kier molecular flexibility index (Phi) is 3.11. The third-order valence-corrected chi connectivity index (χ3v) is 6.49. The van der Waals surface area contributed by atoms with Crippen LogP contribution in [0.5, 0.6) is 0 Å². The van der Waals surface area contributed by atoms with Gasteiger partial charge >= 0.3 is 5.69 Å². The van der Waals surface area contributed by atoms with Crippen LogP contribution in [0.4, 0.5) is 5.69 Å². The van der Waals surface area contributed by atoms with E-state index in [1.807, 2.05) is 24.3 Å². The van der Waals surface area contributed by atoms with Gasteiger partial charge in [-0.25, -0.2) is 13.2 Å². The first-order valence-electron chi connectivity index (χ1n) is 7.67. The van der Waals surface area contributed by atoms with Gasteiger partial charge in [0.1, 0.15) is 0 Å². The molecule has 0 fully saturated rings. The first-order valence-corrected chi connectivity index (χ1v) is 9.11. The minimum Gasteiger partial charge on any atom is -0.295 e. The predicted octanol–water partition coefficient (Wildman–Crippen LogP) is 1.63. The van der Waals surface area contributed by atoms with E-state index >= 15 is 0 Å². The van der Waals surface area contributed by atoms with Gasteiger partial charge in [-0.2, -0.15) is 0 Å². The maximum absolute atomic E-state index is 13.1. The second-order valence-electron chi connectivity index (χ2n) is 6.01. The van der Waals surface area contributed by atoms with Gasteiger partial charge in [0, 0.05) is 20.6 Å². The van der Waals surface area contributed by atoms with Crippen LogP contribution in [0, 0.1) is 0 Å². The van der Waals surface area contributed by atoms with Crippen LogP contribution in [0.2, 0.25) is 0 Å². The number of nitrogens with zero attached hydrogens (tertiary/aromatic N) is 3. The molecule has 0 radical (unpaired) electrons. The number of imidazole rings is 1. The lowest BCUT2D eigenvalue weighted by Crippen LogP contribution is -2.29. The molecule has 2 aromatic carbocycles. The molecule has 6 nitrogen and oxygen atoms in total. The number of para-hydroxylation sites is 1. The van der Waals surface area contributed by atoms with E-state index in [1.165, 1.54) is 13.4 Å². The minimum atomic E-state index is -3.66. The Morgan fingerprint density at radius 2 is 1.67 bits per heavy atom. The molecular weight excluding hydrogens is 326 g/mol. The summed E-state index contributed by atoms with van der Waals surface area (Å²) in [6.45, 7) is 0.438. The Labute approximate surface area is 139 Å². The van der Waals surface area contributed by atoms with Crippen molar-refractivity contribution in [1.82, 2.24) is 9.13 Å². The zero-order chi connectivity index (χ0) is 17.1. The molecule has 0 bridgehead atoms. The molecule has 0 atom stereocenters. The van der Waals surface area contributed by atoms with Crippen LogP contribution >= 0.6 is 0 Å². The molecule has 0 saturated carbocycles. The lowest BCUT2D eigenvalue weighted by molar-refractivity contribution is 0.592. The smallest absolute Gasteiger partial charge is 0.295 e. The van der Waals surface area contributed by atoms with E-state index in [0.29, 0.717) is 24.0 Å². The molecule has 1 aromatic heterocycles. The zero-order valence-electron chi connectivity index (χ0n) is 13.4. The van der Waals surface area contributed by atoms with Gasteiger partial charge in [0.05, 0.1) is 21.6 Å². The Morgan fingerprint density at radius 3 is 2.46 bits per heavy atom. The first-order chi connectivity index (χ1) is 11.4. The molecule has 2 heterocycles. The number of aryl methyl sites for hydroxylation is 2. The average Bonchev–Trinajstić information content (AvgIpc) is 3.11. The summed E-state index contributed by atoms with van der Waals surface area (Å²) in [5.41, 5.74) is 2.92. The molecule has 0 amide bonds. The maximum atomic E-state index is 13.1. The van der Waals surface area contributed by atoms with Crippen molar-refractivity contribution < 1.29 is 8.42 Å². The van der Waals surface area contributed by atoms with Crippen molar-refractivity contribution in [1.29, 1.82) is 0 Å². The topological polar surface area (TPSA) is 64.3 Å². The Bertz CT molecular complexity index is 1130. The van der Waals surface area contributed by atoms with Crippen LogP contribution in [0.15, 0.2) is 52.2 Å². The van der Waals surface area contributed by atoms with E-state index in [1.54, 1.807) is 32.3 Å². The molecule has 0 spiro atoms. The van der Waals surface area contributed by atoms with E-state index in [0.717, 1.165) is 11.3 Å². The number of rotatable bonds is 2. The molecule has 1 aliphatic heterocycles. The van der Waals surface area contributed by atoms with Crippen LogP contribution in [0.25, 0.3) is 11.0 Å². The molecular formula is C17H17N3O3S. The number of anilines is 1. The standard InChI is InChI=1S/C17H17N3O3S/c1-18-15-8-7-13(11-16(15)19(2)17(18)21)24(22,23)20-10-9-12-5-3-4-6-14(12)20/h3-8,11H,9-10H2,1-2H3. The molecule has 3 aromatic rings. The Hall–Kier alpha value is -2.54. The first kappa shape index (κ1) is 15.0. The molecule has 124 valence electrons. The quantitative estimate of drug-likeness (QED) is 0.710. The third-order valence-electron chi connectivity index (χ3n) is 4.68. The van der Waals surface area contributed by atoms with Crippen LogP contribution < -0.4 is 9.99 Å². The molecule has 4 rings (SSSR count). The van der Waals surface area contributed by atoms with Crippen molar-refractivity contribution in [3.8, 4) is 0 Å². The summed E-state index contributed by atoms with van der Waals surface area (Å²) in [6.07, 6.45) is 0.710. The predicted molar refractivity (Wildman–Crippen MR) is 92.8 cm³/mol. The van der Waals surface area contributed by atoms with Crippen LogP contribution in [-0.2, 0) is 30.5 Å². The third kappa shape index (κ3) is 1.94. The van der Waals surface area contributed by atoms with Crippen LogP contribution in [-0.4, -0.2) is 24.1 Å². The zero-order valence-corrected chi connectivity index (χ0v) is 14.2. The average molecular weight is 343 g/mol. The van der Waals surface area contributed by atoms with Gasteiger partial charge in [-0.15, -0.1) is 0 Å². The van der Waals surface area contributed by atoms with Crippen molar-refractivity contribution in [3.05, 3.63) is 58.5 Å². The second kappa shape index (κ2) is 4.98. The van der Waals surface area contributed by atoms with Gasteiger partial charge in [0.15, 0.2) is 0 Å². The number of aromatic nitrogens is 2. The monoisotopic (exact) mass is 343 g/mol. The minimum absolute atomic E-state index is 0.175. The van der Waals surface area contributed by atoms with Gasteiger partial charge in [-0.3, -0.25) is 13.4 Å². The number of hydrogen-bond acceptors (Lipinski definition) is 3. The van der Waals surface area contributed by atoms with Gasteiger partial charge in [0.2, 0.25) is 0 Å². The number of sulfonamides is 1. The van der Waals surface area contributed by atoms with Crippen molar-refractivity contribution in [3.63, 3.8) is 0 Å². The van der Waals surface area contributed by atoms with Crippen molar-refractivity contribution >= 4 is 26.7 Å². The lowest BCUT2D eigenvalue weighted by Gasteiger charge is -2.19. The molecule has 0 unspecified atom stereocenters. The molecule has 0 N–H and O–H groups in total. The van der Waals surface area contributed by atoms with E-state index in [-0.39, 0.29) is 10.6 Å². The summed E-state index contributed by atoms with van der Waals surface area (Å²) < 4.78 is 30.6. The fraction of sp³-hybridized carbons (Fsp3) is 0.235. The van der Waals surface area contributed by atoms with Crippen molar-refractivity contribution in [2.24, 2.45) is 14.1 Å². The summed E-state index contributed by atoms with van der Waals surface area (Å²) in [5.74, 6) is 0. The SMILES string of the molecule is Cn1c(=O)n(C)c2cc(S(=O)(=O)N3CCc4ccccc43)ccc21. The van der Waals surface area contributed by atoms with E-state index in [9.17, 15) is 13.2 Å². The molecule has 1 aliphatic rings. The summed E-state index contributed by atoms with van der Waals surface area (Å²) in [7, 11) is -0.334. The highest BCUT2D eigenvalue weighted by molar-refractivity contribution is 7.92. The van der Waals surface area contributed by atoms with Gasteiger partial charge in [0.25, 0.3) is 10.0 Å². The van der Waals surface area contributed by atoms with Gasteiger partial charge < -0.3 is 0 Å². The van der Waals surface area contributed by atoms with Gasteiger partial charge in [-0.05, 0) is 36.2 Å². The number of benzene rings is 2. The highest BCUT2D eigenvalue weighted by atomic mass is 32.2. The van der Waals surface area contributed by atoms with Crippen molar-refractivity contribution in [2.75, 3.05) is 10.8 Å². The Balaban J connectivity index is 1.88.